The Bertz CT molecular complexity index is 1060. The maximum atomic E-state index is 13.6. The van der Waals surface area contributed by atoms with Crippen molar-refractivity contribution in [3.8, 4) is 0 Å². The monoisotopic (exact) mass is 402 g/mol. The number of hydrogen-bond donors (Lipinski definition) is 0. The number of Topliss-reactive ketones (excluding diaryl/α,β-unsaturated/α-hetero) is 1. The molecule has 0 aliphatic carbocycles. The summed E-state index contributed by atoms with van der Waals surface area (Å²) in [7, 11) is 0. The Kier molecular flexibility index (Phi) is 4.40. The molecule has 2 aromatic rings. The van der Waals surface area contributed by atoms with Gasteiger partial charge in [-0.05, 0) is 51.8 Å². The van der Waals surface area contributed by atoms with Crippen LogP contribution in [-0.2, 0) is 9.59 Å². The molecular weight excluding hydrogens is 376 g/mol. The van der Waals surface area contributed by atoms with Crippen molar-refractivity contribution in [2.75, 3.05) is 11.4 Å². The number of aryl methyl sites for hydroxylation is 3. The van der Waals surface area contributed by atoms with E-state index in [1.807, 2.05) is 63.2 Å². The molecule has 0 unspecified atom stereocenters. The first-order valence-electron chi connectivity index (χ1n) is 10.7. The van der Waals surface area contributed by atoms with E-state index < -0.39 is 17.9 Å². The molecule has 3 heterocycles. The predicted octanol–water partition coefficient (Wildman–Crippen LogP) is 3.45. The summed E-state index contributed by atoms with van der Waals surface area (Å²) in [5.41, 5.74) is 4.34. The van der Waals surface area contributed by atoms with Crippen molar-refractivity contribution < 1.29 is 14.4 Å². The highest BCUT2D eigenvalue weighted by Gasteiger charge is 2.64. The van der Waals surface area contributed by atoms with E-state index in [1.165, 1.54) is 4.90 Å². The standard InChI is InChI=1S/C25H26N2O3/c1-14-6-9-17(10-7-14)23(28)22-21-20(19-5-4-12-26(19)22)24(29)27(25(21)30)18-11-8-15(2)13-16(18)3/h6-11,13,19-22H,4-5,12H2,1-3H3/t19-,20-,21+,22-/m1/s1. The minimum absolute atomic E-state index is 0.0263. The summed E-state index contributed by atoms with van der Waals surface area (Å²) >= 11 is 0. The molecule has 30 heavy (non-hydrogen) atoms. The van der Waals surface area contributed by atoms with Crippen molar-refractivity contribution in [3.05, 3.63) is 64.7 Å². The molecule has 5 rings (SSSR count). The Balaban J connectivity index is 1.56. The van der Waals surface area contributed by atoms with Crippen molar-refractivity contribution in [3.63, 3.8) is 0 Å². The number of fused-ring (bicyclic) bond motifs is 3. The molecule has 0 bridgehead atoms. The van der Waals surface area contributed by atoms with Gasteiger partial charge in [0.2, 0.25) is 11.8 Å². The smallest absolute Gasteiger partial charge is 0.239 e. The average molecular weight is 402 g/mol. The molecule has 0 aromatic heterocycles. The second-order valence-electron chi connectivity index (χ2n) is 8.98. The van der Waals surface area contributed by atoms with Crippen LogP contribution in [0.5, 0.6) is 0 Å². The van der Waals surface area contributed by atoms with Gasteiger partial charge in [0.1, 0.15) is 0 Å². The lowest BCUT2D eigenvalue weighted by atomic mass is 9.85. The summed E-state index contributed by atoms with van der Waals surface area (Å²) in [6, 6.07) is 12.7. The van der Waals surface area contributed by atoms with E-state index >= 15 is 0 Å². The van der Waals surface area contributed by atoms with E-state index in [9.17, 15) is 14.4 Å². The third-order valence-corrected chi connectivity index (χ3v) is 7.05. The molecule has 2 amide bonds. The summed E-state index contributed by atoms with van der Waals surface area (Å²) in [5.74, 6) is -1.44. The molecule has 154 valence electrons. The van der Waals surface area contributed by atoms with Crippen LogP contribution in [0.1, 0.15) is 39.9 Å². The van der Waals surface area contributed by atoms with Gasteiger partial charge < -0.3 is 0 Å². The third-order valence-electron chi connectivity index (χ3n) is 7.05. The summed E-state index contributed by atoms with van der Waals surface area (Å²) in [6.07, 6.45) is 1.81. The maximum Gasteiger partial charge on any atom is 0.239 e. The van der Waals surface area contributed by atoms with Gasteiger partial charge >= 0.3 is 0 Å². The molecule has 3 fully saturated rings. The van der Waals surface area contributed by atoms with Gasteiger partial charge in [-0.3, -0.25) is 19.3 Å². The van der Waals surface area contributed by atoms with Crippen LogP contribution in [0.3, 0.4) is 0 Å². The van der Waals surface area contributed by atoms with Crippen molar-refractivity contribution in [2.24, 2.45) is 11.8 Å². The molecule has 0 spiro atoms. The lowest BCUT2D eigenvalue weighted by Gasteiger charge is -2.28. The highest BCUT2D eigenvalue weighted by Crippen LogP contribution is 2.48. The van der Waals surface area contributed by atoms with E-state index in [4.69, 9.17) is 0 Å². The third kappa shape index (κ3) is 2.68. The maximum absolute atomic E-state index is 13.6. The van der Waals surface area contributed by atoms with E-state index in [2.05, 4.69) is 4.90 Å². The van der Waals surface area contributed by atoms with Gasteiger partial charge in [0.05, 0.1) is 23.6 Å². The van der Waals surface area contributed by atoms with Crippen LogP contribution in [0, 0.1) is 32.6 Å². The molecule has 2 aromatic carbocycles. The van der Waals surface area contributed by atoms with Crippen LogP contribution in [0.2, 0.25) is 0 Å². The van der Waals surface area contributed by atoms with Crippen LogP contribution in [0.25, 0.3) is 0 Å². The second-order valence-corrected chi connectivity index (χ2v) is 8.98. The summed E-state index contributed by atoms with van der Waals surface area (Å²) in [5, 5.41) is 0. The molecular formula is C25H26N2O3. The molecule has 3 saturated heterocycles. The summed E-state index contributed by atoms with van der Waals surface area (Å²) in [6.45, 7) is 6.67. The van der Waals surface area contributed by atoms with Gasteiger partial charge in [0.15, 0.2) is 5.78 Å². The van der Waals surface area contributed by atoms with Gasteiger partial charge in [-0.25, -0.2) is 4.90 Å². The van der Waals surface area contributed by atoms with Crippen LogP contribution in [-0.4, -0.2) is 41.1 Å². The zero-order valence-electron chi connectivity index (χ0n) is 17.6. The normalized spacial score (nSPS) is 28.2. The van der Waals surface area contributed by atoms with E-state index in [0.29, 0.717) is 11.3 Å². The van der Waals surface area contributed by atoms with Crippen molar-refractivity contribution in [2.45, 2.75) is 45.7 Å². The Hall–Kier alpha value is -2.79. The molecule has 0 saturated carbocycles. The van der Waals surface area contributed by atoms with Crippen LogP contribution < -0.4 is 4.90 Å². The van der Waals surface area contributed by atoms with Crippen LogP contribution in [0.4, 0.5) is 5.69 Å². The fourth-order valence-corrected chi connectivity index (χ4v) is 5.70. The summed E-state index contributed by atoms with van der Waals surface area (Å²) in [4.78, 5) is 44.1. The number of imide groups is 1. The fraction of sp³-hybridized carbons (Fsp3) is 0.400. The fourth-order valence-electron chi connectivity index (χ4n) is 5.70. The van der Waals surface area contributed by atoms with Crippen LogP contribution in [0.15, 0.2) is 42.5 Å². The van der Waals surface area contributed by atoms with Crippen molar-refractivity contribution >= 4 is 23.3 Å². The lowest BCUT2D eigenvalue weighted by molar-refractivity contribution is -0.123. The quantitative estimate of drug-likeness (QED) is 0.583. The van der Waals surface area contributed by atoms with Crippen molar-refractivity contribution in [1.29, 1.82) is 0 Å². The second kappa shape index (κ2) is 6.88. The first-order chi connectivity index (χ1) is 14.4. The molecule has 5 nitrogen and oxygen atoms in total. The zero-order chi connectivity index (χ0) is 21.2. The summed E-state index contributed by atoms with van der Waals surface area (Å²) < 4.78 is 0. The average Bonchev–Trinajstić information content (AvgIpc) is 3.35. The van der Waals surface area contributed by atoms with Gasteiger partial charge in [-0.15, -0.1) is 0 Å². The molecule has 0 radical (unpaired) electrons. The van der Waals surface area contributed by atoms with E-state index in [-0.39, 0.29) is 23.6 Å². The highest BCUT2D eigenvalue weighted by atomic mass is 16.2. The van der Waals surface area contributed by atoms with E-state index in [0.717, 1.165) is 36.1 Å². The Morgan fingerprint density at radius 3 is 2.27 bits per heavy atom. The first kappa shape index (κ1) is 19.2. The molecule has 5 heteroatoms. The largest absolute Gasteiger partial charge is 0.292 e. The number of carbonyl (C=O) groups excluding carboxylic acids is 3. The predicted molar refractivity (Wildman–Crippen MR) is 114 cm³/mol. The topological polar surface area (TPSA) is 57.7 Å². The number of hydrogen-bond acceptors (Lipinski definition) is 4. The first-order valence-corrected chi connectivity index (χ1v) is 10.7. The number of benzene rings is 2. The minimum Gasteiger partial charge on any atom is -0.292 e. The van der Waals surface area contributed by atoms with Crippen LogP contribution >= 0.6 is 0 Å². The number of carbonyl (C=O) groups is 3. The zero-order valence-corrected chi connectivity index (χ0v) is 17.6. The van der Waals surface area contributed by atoms with Gasteiger partial charge in [-0.2, -0.15) is 0 Å². The highest BCUT2D eigenvalue weighted by molar-refractivity contribution is 6.24. The lowest BCUT2D eigenvalue weighted by Crippen LogP contribution is -2.46. The number of rotatable bonds is 3. The van der Waals surface area contributed by atoms with E-state index in [1.54, 1.807) is 0 Å². The number of amides is 2. The Morgan fingerprint density at radius 2 is 1.57 bits per heavy atom. The van der Waals surface area contributed by atoms with Gasteiger partial charge in [0.25, 0.3) is 0 Å². The van der Waals surface area contributed by atoms with Gasteiger partial charge in [-0.1, -0.05) is 47.5 Å². The molecule has 3 aliphatic heterocycles. The van der Waals surface area contributed by atoms with Crippen molar-refractivity contribution in [1.82, 2.24) is 4.90 Å². The Morgan fingerprint density at radius 1 is 0.900 bits per heavy atom. The number of ketones is 1. The molecule has 4 atom stereocenters. The number of nitrogens with zero attached hydrogens (tertiary/aromatic N) is 2. The minimum atomic E-state index is -0.600. The Labute approximate surface area is 176 Å². The SMILES string of the molecule is Cc1ccc(C(=O)[C@H]2[C@H]3C(=O)N(c4ccc(C)cc4C)C(=O)[C@@H]3[C@H]3CCCN32)cc1. The molecule has 3 aliphatic rings. The number of anilines is 1. The van der Waals surface area contributed by atoms with Gasteiger partial charge in [0, 0.05) is 11.6 Å². The molecule has 0 N–H and O–H groups in total.